The molecular weight excluding hydrogens is 360 g/mol. The fourth-order valence-corrected chi connectivity index (χ4v) is 6.14. The van der Waals surface area contributed by atoms with Crippen LogP contribution in [-0.4, -0.2) is 11.5 Å². The molecule has 28 heavy (non-hydrogen) atoms. The van der Waals surface area contributed by atoms with Crippen molar-refractivity contribution in [3.05, 3.63) is 65.7 Å². The van der Waals surface area contributed by atoms with E-state index in [0.29, 0.717) is 0 Å². The Kier molecular flexibility index (Phi) is 10.6. The first-order valence-electron chi connectivity index (χ1n) is 11.3. The van der Waals surface area contributed by atoms with Gasteiger partial charge in [0.1, 0.15) is 5.75 Å². The number of hydrogen-bond acceptors (Lipinski definition) is 1. The summed E-state index contributed by atoms with van der Waals surface area (Å²) >= 11 is 0. The van der Waals surface area contributed by atoms with Gasteiger partial charge in [-0.1, -0.05) is 118 Å². The van der Waals surface area contributed by atoms with Crippen LogP contribution in [0.5, 0.6) is 5.75 Å². The van der Waals surface area contributed by atoms with Gasteiger partial charge in [0.15, 0.2) is 0 Å². The van der Waals surface area contributed by atoms with Crippen LogP contribution in [0.4, 0.5) is 0 Å². The van der Waals surface area contributed by atoms with E-state index < -0.39 is 10.3 Å². The topological polar surface area (TPSA) is 9.23 Å². The minimum atomic E-state index is -1.15. The first kappa shape index (κ1) is 22.9. The maximum absolute atomic E-state index is 6.83. The van der Waals surface area contributed by atoms with E-state index in [1.807, 2.05) is 0 Å². The molecule has 0 heterocycles. The lowest BCUT2D eigenvalue weighted by Crippen LogP contribution is -2.16. The monoisotopic (exact) mass is 400 g/mol. The Bertz CT molecular complexity index is 648. The number of hydrogen-bond donors (Lipinski definition) is 0. The average molecular weight is 401 g/mol. The smallest absolute Gasteiger partial charge is 0.138 e. The van der Waals surface area contributed by atoms with Gasteiger partial charge in [-0.25, -0.2) is 0 Å². The lowest BCUT2D eigenvalue weighted by Gasteiger charge is -2.39. The zero-order valence-electron chi connectivity index (χ0n) is 18.3. The van der Waals surface area contributed by atoms with Crippen LogP contribution in [0.15, 0.2) is 54.6 Å². The molecule has 0 amide bonds. The van der Waals surface area contributed by atoms with Gasteiger partial charge in [0, 0.05) is 17.3 Å². The summed E-state index contributed by atoms with van der Waals surface area (Å²) in [6, 6.07) is 19.6. The Morgan fingerprint density at radius 3 is 1.96 bits per heavy atom. The van der Waals surface area contributed by atoms with E-state index >= 15 is 0 Å². The van der Waals surface area contributed by atoms with Crippen molar-refractivity contribution in [3.8, 4) is 5.75 Å². The predicted octanol–water partition coefficient (Wildman–Crippen LogP) is 8.32. The van der Waals surface area contributed by atoms with Gasteiger partial charge < -0.3 is 4.18 Å². The van der Waals surface area contributed by atoms with E-state index in [1.54, 1.807) is 0 Å². The van der Waals surface area contributed by atoms with E-state index in [0.717, 1.165) is 29.4 Å². The molecule has 0 radical (unpaired) electrons. The highest BCUT2D eigenvalue weighted by molar-refractivity contribution is 8.29. The van der Waals surface area contributed by atoms with Crippen molar-refractivity contribution in [1.82, 2.24) is 0 Å². The molecule has 2 rings (SSSR count). The predicted molar refractivity (Wildman–Crippen MR) is 128 cm³/mol. The van der Waals surface area contributed by atoms with Crippen molar-refractivity contribution in [2.24, 2.45) is 0 Å². The number of para-hydroxylation sites is 1. The van der Waals surface area contributed by atoms with Gasteiger partial charge in [-0.3, -0.25) is 0 Å². The zero-order valence-corrected chi connectivity index (χ0v) is 19.1. The van der Waals surface area contributed by atoms with Crippen molar-refractivity contribution in [1.29, 1.82) is 0 Å². The highest BCUT2D eigenvalue weighted by Crippen LogP contribution is 2.52. The van der Waals surface area contributed by atoms with Crippen LogP contribution in [0.3, 0.4) is 0 Å². The van der Waals surface area contributed by atoms with E-state index in [2.05, 4.69) is 75.4 Å². The summed E-state index contributed by atoms with van der Waals surface area (Å²) in [5.41, 5.74) is 2.79. The van der Waals surface area contributed by atoms with E-state index in [-0.39, 0.29) is 0 Å². The normalized spacial score (nSPS) is 12.1. The summed E-state index contributed by atoms with van der Waals surface area (Å²) in [6.07, 6.45) is 10.6. The van der Waals surface area contributed by atoms with Crippen LogP contribution in [0.2, 0.25) is 0 Å². The molecule has 1 nitrogen and oxygen atoms in total. The van der Waals surface area contributed by atoms with Gasteiger partial charge in [0.2, 0.25) is 0 Å². The minimum Gasteiger partial charge on any atom is -0.448 e. The van der Waals surface area contributed by atoms with Crippen LogP contribution in [0, 0.1) is 0 Å². The van der Waals surface area contributed by atoms with Gasteiger partial charge in [0.25, 0.3) is 0 Å². The SMILES string of the molecule is CCCCCCCCCc1ccccc1OS(CC)(CC)Cc1ccccc1. The van der Waals surface area contributed by atoms with E-state index in [1.165, 1.54) is 56.1 Å². The lowest BCUT2D eigenvalue weighted by atomic mass is 10.0. The third-order valence-corrected chi connectivity index (χ3v) is 9.11. The summed E-state index contributed by atoms with van der Waals surface area (Å²) in [5.74, 6) is 4.38. The maximum Gasteiger partial charge on any atom is 0.138 e. The molecule has 0 bridgehead atoms. The fourth-order valence-electron chi connectivity index (χ4n) is 3.69. The minimum absolute atomic E-state index is 1.05. The Morgan fingerprint density at radius 1 is 0.679 bits per heavy atom. The molecule has 0 N–H and O–H groups in total. The summed E-state index contributed by atoms with van der Waals surface area (Å²) in [5, 5.41) is 0. The van der Waals surface area contributed by atoms with Crippen LogP contribution in [0.25, 0.3) is 0 Å². The molecule has 0 aliphatic rings. The third-order valence-electron chi connectivity index (χ3n) is 5.61. The molecule has 2 aromatic carbocycles. The molecule has 0 unspecified atom stereocenters. The van der Waals surface area contributed by atoms with Crippen LogP contribution in [0.1, 0.15) is 76.8 Å². The number of benzene rings is 2. The third kappa shape index (κ3) is 7.54. The van der Waals surface area contributed by atoms with Gasteiger partial charge >= 0.3 is 0 Å². The Morgan fingerprint density at radius 2 is 1.29 bits per heavy atom. The zero-order chi connectivity index (χ0) is 20.1. The highest BCUT2D eigenvalue weighted by atomic mass is 32.3. The van der Waals surface area contributed by atoms with Crippen molar-refractivity contribution < 1.29 is 4.18 Å². The number of unbranched alkanes of at least 4 members (excludes halogenated alkanes) is 6. The quantitative estimate of drug-likeness (QED) is 0.290. The Labute approximate surface area is 175 Å². The molecule has 0 spiro atoms. The molecule has 0 aliphatic heterocycles. The summed E-state index contributed by atoms with van der Waals surface area (Å²) in [7, 11) is -1.15. The van der Waals surface area contributed by atoms with Crippen molar-refractivity contribution in [2.75, 3.05) is 11.5 Å². The van der Waals surface area contributed by atoms with Crippen LogP contribution >= 0.6 is 10.3 Å². The standard InChI is InChI=1S/C26H40OS/c1-4-7-8-9-10-11-15-20-25-21-16-17-22-26(25)27-28(5-2,6-3)23-24-18-13-12-14-19-24/h12-14,16-19,21-22H,4-11,15,20,23H2,1-3H3. The first-order valence-corrected chi connectivity index (χ1v) is 13.4. The average Bonchev–Trinajstić information content (AvgIpc) is 2.74. The first-order chi connectivity index (χ1) is 13.7. The summed E-state index contributed by atoms with van der Waals surface area (Å²) in [6.45, 7) is 6.87. The summed E-state index contributed by atoms with van der Waals surface area (Å²) in [4.78, 5) is 0. The second kappa shape index (κ2) is 12.9. The van der Waals surface area contributed by atoms with E-state index in [9.17, 15) is 0 Å². The molecule has 0 saturated heterocycles. The molecule has 2 heteroatoms. The molecule has 0 aromatic heterocycles. The van der Waals surface area contributed by atoms with Crippen LogP contribution in [-0.2, 0) is 12.2 Å². The highest BCUT2D eigenvalue weighted by Gasteiger charge is 2.24. The second-order valence-electron chi connectivity index (χ2n) is 7.74. The van der Waals surface area contributed by atoms with Crippen molar-refractivity contribution in [2.45, 2.75) is 77.9 Å². The Hall–Kier alpha value is -1.41. The van der Waals surface area contributed by atoms with Crippen molar-refractivity contribution in [3.63, 3.8) is 0 Å². The second-order valence-corrected chi connectivity index (χ2v) is 11.3. The molecule has 2 aromatic rings. The van der Waals surface area contributed by atoms with Gasteiger partial charge in [0.05, 0.1) is 0 Å². The molecule has 0 fully saturated rings. The maximum atomic E-state index is 6.83. The lowest BCUT2D eigenvalue weighted by molar-refractivity contribution is 0.575. The summed E-state index contributed by atoms with van der Waals surface area (Å²) < 4.78 is 6.83. The molecule has 0 aliphatic carbocycles. The van der Waals surface area contributed by atoms with Gasteiger partial charge in [-0.2, -0.15) is 0 Å². The molecule has 0 saturated carbocycles. The van der Waals surface area contributed by atoms with Crippen LogP contribution < -0.4 is 4.18 Å². The van der Waals surface area contributed by atoms with Crippen molar-refractivity contribution >= 4 is 10.3 Å². The number of rotatable bonds is 14. The molecular formula is C26H40OS. The molecule has 156 valence electrons. The largest absolute Gasteiger partial charge is 0.448 e. The molecule has 0 atom stereocenters. The van der Waals surface area contributed by atoms with Gasteiger partial charge in [-0.15, -0.1) is 0 Å². The Balaban J connectivity index is 1.97. The number of aryl methyl sites for hydroxylation is 1. The van der Waals surface area contributed by atoms with Gasteiger partial charge in [-0.05, 0) is 30.0 Å². The van der Waals surface area contributed by atoms with E-state index in [4.69, 9.17) is 4.18 Å². The fraction of sp³-hybridized carbons (Fsp3) is 0.538.